The van der Waals surface area contributed by atoms with Crippen LogP contribution in [-0.2, 0) is 17.6 Å². The van der Waals surface area contributed by atoms with Gasteiger partial charge in [0.1, 0.15) is 6.29 Å². The molecule has 1 aromatic carbocycles. The number of hydrogen-bond donors (Lipinski definition) is 1. The van der Waals surface area contributed by atoms with Gasteiger partial charge in [0.2, 0.25) is 5.91 Å². The van der Waals surface area contributed by atoms with E-state index in [0.29, 0.717) is 21.4 Å². The number of nitrogens with zero attached hydrogens (tertiary/aromatic N) is 4. The minimum Gasteiger partial charge on any atom is -0.302 e. The highest BCUT2D eigenvalue weighted by Crippen LogP contribution is 2.44. The monoisotopic (exact) mass is 449 g/mol. The molecule has 0 atom stereocenters. The van der Waals surface area contributed by atoms with Gasteiger partial charge in [0.25, 0.3) is 0 Å². The molecule has 1 aliphatic rings. The predicted molar refractivity (Wildman–Crippen MR) is 120 cm³/mol. The minimum atomic E-state index is -0.164. The van der Waals surface area contributed by atoms with Gasteiger partial charge in [-0.25, -0.2) is 9.67 Å². The first-order chi connectivity index (χ1) is 15.0. The first-order valence-corrected chi connectivity index (χ1v) is 10.8. The molecule has 1 aliphatic carbocycles. The van der Waals surface area contributed by atoms with Gasteiger partial charge in [-0.2, -0.15) is 5.10 Å². The van der Waals surface area contributed by atoms with E-state index >= 15 is 0 Å². The zero-order chi connectivity index (χ0) is 21.5. The summed E-state index contributed by atoms with van der Waals surface area (Å²) in [6.07, 6.45) is 5.77. The van der Waals surface area contributed by atoms with Crippen LogP contribution in [0.1, 0.15) is 28.5 Å². The van der Waals surface area contributed by atoms with Crippen molar-refractivity contribution in [2.75, 3.05) is 5.32 Å². The van der Waals surface area contributed by atoms with Crippen LogP contribution in [0.25, 0.3) is 27.5 Å². The summed E-state index contributed by atoms with van der Waals surface area (Å²) in [4.78, 5) is 32.5. The lowest BCUT2D eigenvalue weighted by Gasteiger charge is -2.15. The number of halogens is 1. The quantitative estimate of drug-likeness (QED) is 0.460. The predicted octanol–water partition coefficient (Wildman–Crippen LogP) is 4.58. The van der Waals surface area contributed by atoms with Crippen molar-refractivity contribution in [3.8, 4) is 27.5 Å². The fourth-order valence-electron chi connectivity index (χ4n) is 3.75. The molecule has 154 valence electrons. The maximum absolute atomic E-state index is 11.5. The highest BCUT2D eigenvalue weighted by molar-refractivity contribution is 7.19. The summed E-state index contributed by atoms with van der Waals surface area (Å²) in [7, 11) is 0. The van der Waals surface area contributed by atoms with Crippen LogP contribution in [0.2, 0.25) is 5.02 Å². The number of thiazole rings is 1. The van der Waals surface area contributed by atoms with Crippen LogP contribution in [0, 0.1) is 0 Å². The van der Waals surface area contributed by atoms with E-state index in [1.807, 2.05) is 16.8 Å². The van der Waals surface area contributed by atoms with Gasteiger partial charge in [0.05, 0.1) is 32.7 Å². The van der Waals surface area contributed by atoms with E-state index in [4.69, 9.17) is 16.7 Å². The molecule has 0 saturated carbocycles. The molecule has 7 nitrogen and oxygen atoms in total. The van der Waals surface area contributed by atoms with Crippen molar-refractivity contribution in [3.63, 3.8) is 0 Å². The molecule has 0 radical (unpaired) electrons. The summed E-state index contributed by atoms with van der Waals surface area (Å²) in [5.74, 6) is -0.164. The molecule has 1 N–H and O–H groups in total. The van der Waals surface area contributed by atoms with Crippen LogP contribution in [-0.4, -0.2) is 31.9 Å². The van der Waals surface area contributed by atoms with Crippen LogP contribution in [0.5, 0.6) is 0 Å². The number of rotatable bonds is 4. The molecular weight excluding hydrogens is 434 g/mol. The second-order valence-corrected chi connectivity index (χ2v) is 8.54. The first-order valence-electron chi connectivity index (χ1n) is 9.60. The number of aldehydes is 1. The second-order valence-electron chi connectivity index (χ2n) is 7.13. The molecule has 0 saturated heterocycles. The van der Waals surface area contributed by atoms with Gasteiger partial charge in [-0.15, -0.1) is 0 Å². The standard InChI is InChI=1S/C22H16ClN5O2S/c1-12(30)25-22-26-17-6-5-15-19(14-3-2-8-24-10-14)27-28(20(15)21(17)31-22)18-7-4-13(11-29)9-16(18)23/h2-4,7-11H,5-6H2,1H3,(H,25,26,30). The minimum absolute atomic E-state index is 0.164. The molecule has 4 aromatic rings. The van der Waals surface area contributed by atoms with E-state index in [2.05, 4.69) is 15.3 Å². The van der Waals surface area contributed by atoms with E-state index in [1.165, 1.54) is 18.3 Å². The third-order valence-electron chi connectivity index (χ3n) is 5.06. The molecule has 3 aromatic heterocycles. The fourth-order valence-corrected chi connectivity index (χ4v) is 5.14. The molecule has 1 amide bonds. The molecule has 0 fully saturated rings. The van der Waals surface area contributed by atoms with E-state index in [-0.39, 0.29) is 5.91 Å². The summed E-state index contributed by atoms with van der Waals surface area (Å²) in [6, 6.07) is 8.98. The van der Waals surface area contributed by atoms with Gasteiger partial charge in [-0.05, 0) is 43.2 Å². The Balaban J connectivity index is 1.76. The lowest BCUT2D eigenvalue weighted by Crippen LogP contribution is -2.07. The first kappa shape index (κ1) is 19.6. The van der Waals surface area contributed by atoms with Crippen molar-refractivity contribution >= 4 is 40.3 Å². The van der Waals surface area contributed by atoms with E-state index in [9.17, 15) is 9.59 Å². The van der Waals surface area contributed by atoms with Gasteiger partial charge in [-0.3, -0.25) is 14.6 Å². The molecule has 0 aliphatic heterocycles. The van der Waals surface area contributed by atoms with Crippen molar-refractivity contribution in [2.24, 2.45) is 0 Å². The zero-order valence-corrected chi connectivity index (χ0v) is 18.0. The fraction of sp³-hybridized carbons (Fsp3) is 0.136. The van der Waals surface area contributed by atoms with Crippen molar-refractivity contribution < 1.29 is 9.59 Å². The summed E-state index contributed by atoms with van der Waals surface area (Å²) in [5, 5.41) is 8.68. The summed E-state index contributed by atoms with van der Waals surface area (Å²) in [6.45, 7) is 1.46. The highest BCUT2D eigenvalue weighted by atomic mass is 35.5. The topological polar surface area (TPSA) is 89.8 Å². The number of anilines is 1. The number of aromatic nitrogens is 4. The van der Waals surface area contributed by atoms with Crippen molar-refractivity contribution in [1.29, 1.82) is 0 Å². The number of hydrogen-bond acceptors (Lipinski definition) is 6. The van der Waals surface area contributed by atoms with Crippen LogP contribution < -0.4 is 5.32 Å². The molecule has 0 unspecified atom stereocenters. The normalized spacial score (nSPS) is 12.2. The Morgan fingerprint density at radius 3 is 2.87 bits per heavy atom. The Hall–Kier alpha value is -3.36. The summed E-state index contributed by atoms with van der Waals surface area (Å²) < 4.78 is 1.81. The van der Waals surface area contributed by atoms with Crippen LogP contribution in [0.4, 0.5) is 5.13 Å². The number of amides is 1. The summed E-state index contributed by atoms with van der Waals surface area (Å²) >= 11 is 7.96. The number of aryl methyl sites for hydroxylation is 1. The molecule has 0 spiro atoms. The van der Waals surface area contributed by atoms with Gasteiger partial charge >= 0.3 is 0 Å². The van der Waals surface area contributed by atoms with E-state index in [0.717, 1.165) is 52.2 Å². The Kier molecular flexibility index (Phi) is 4.88. The van der Waals surface area contributed by atoms with Gasteiger partial charge in [0.15, 0.2) is 5.13 Å². The van der Waals surface area contributed by atoms with Crippen LogP contribution >= 0.6 is 22.9 Å². The average Bonchev–Trinajstić information content (AvgIpc) is 3.34. The molecule has 9 heteroatoms. The SMILES string of the molecule is CC(=O)Nc1nc2c(s1)-c1c(c(-c3cccnc3)nn1-c1ccc(C=O)cc1Cl)CC2. The Labute approximate surface area is 186 Å². The van der Waals surface area contributed by atoms with E-state index < -0.39 is 0 Å². The number of carbonyl (C=O) groups is 2. The van der Waals surface area contributed by atoms with Gasteiger partial charge in [0, 0.05) is 36.0 Å². The molecule has 5 rings (SSSR count). The van der Waals surface area contributed by atoms with Crippen molar-refractivity contribution in [1.82, 2.24) is 19.7 Å². The number of nitrogens with one attached hydrogen (secondary N) is 1. The smallest absolute Gasteiger partial charge is 0.223 e. The third-order valence-corrected chi connectivity index (χ3v) is 6.38. The number of fused-ring (bicyclic) bond motifs is 3. The average molecular weight is 450 g/mol. The van der Waals surface area contributed by atoms with E-state index in [1.54, 1.807) is 30.6 Å². The largest absolute Gasteiger partial charge is 0.302 e. The van der Waals surface area contributed by atoms with Crippen LogP contribution in [0.15, 0.2) is 42.7 Å². The lowest BCUT2D eigenvalue weighted by molar-refractivity contribution is -0.114. The zero-order valence-electron chi connectivity index (χ0n) is 16.4. The number of benzene rings is 1. The molecular formula is C22H16ClN5O2S. The lowest BCUT2D eigenvalue weighted by atomic mass is 9.95. The Morgan fingerprint density at radius 1 is 1.29 bits per heavy atom. The molecule has 3 heterocycles. The van der Waals surface area contributed by atoms with Crippen LogP contribution in [0.3, 0.4) is 0 Å². The second kappa shape index (κ2) is 7.72. The maximum atomic E-state index is 11.5. The number of carbonyl (C=O) groups excluding carboxylic acids is 2. The molecule has 31 heavy (non-hydrogen) atoms. The highest BCUT2D eigenvalue weighted by Gasteiger charge is 2.30. The Bertz CT molecular complexity index is 1330. The Morgan fingerprint density at radius 2 is 2.16 bits per heavy atom. The van der Waals surface area contributed by atoms with Crippen molar-refractivity contribution in [2.45, 2.75) is 19.8 Å². The van der Waals surface area contributed by atoms with Gasteiger partial charge < -0.3 is 5.32 Å². The van der Waals surface area contributed by atoms with Gasteiger partial charge in [-0.1, -0.05) is 22.9 Å². The third kappa shape index (κ3) is 3.43. The molecule has 0 bridgehead atoms. The summed E-state index contributed by atoms with van der Waals surface area (Å²) in [5.41, 5.74) is 5.80. The maximum Gasteiger partial charge on any atom is 0.223 e. The number of pyridine rings is 1. The van der Waals surface area contributed by atoms with Crippen molar-refractivity contribution in [3.05, 3.63) is 64.6 Å².